The molecule has 1 aliphatic carbocycles. The van der Waals surface area contributed by atoms with Gasteiger partial charge in [-0.2, -0.15) is 0 Å². The largest absolute Gasteiger partial charge is 0.339 e. The number of hydrogen-bond donors (Lipinski definition) is 1. The van der Waals surface area contributed by atoms with Gasteiger partial charge in [0.2, 0.25) is 15.9 Å². The number of carbonyl (C=O) groups is 1. The lowest BCUT2D eigenvalue weighted by Crippen LogP contribution is -2.41. The fourth-order valence-electron chi connectivity index (χ4n) is 3.11. The standard InChI is InChI=1S/C17H26N2O3S/c1-23(21,22)18-13-11-17(20)19(16-9-5-6-10-16)14-12-15-7-3-2-4-8-15/h2-4,7-8,16,18H,5-6,9-14H2,1H3. The molecule has 1 fully saturated rings. The van der Waals surface area contributed by atoms with E-state index in [4.69, 9.17) is 0 Å². The summed E-state index contributed by atoms with van der Waals surface area (Å²) in [6.07, 6.45) is 6.62. The third kappa shape index (κ3) is 6.31. The van der Waals surface area contributed by atoms with Crippen LogP contribution in [0.1, 0.15) is 37.7 Å². The van der Waals surface area contributed by atoms with Crippen molar-refractivity contribution < 1.29 is 13.2 Å². The zero-order valence-corrected chi connectivity index (χ0v) is 14.5. The average Bonchev–Trinajstić information content (AvgIpc) is 3.01. The molecule has 0 bridgehead atoms. The number of hydrogen-bond acceptors (Lipinski definition) is 3. The minimum Gasteiger partial charge on any atom is -0.339 e. The van der Waals surface area contributed by atoms with Crippen molar-refractivity contribution >= 4 is 15.9 Å². The molecule has 128 valence electrons. The van der Waals surface area contributed by atoms with Gasteiger partial charge in [-0.1, -0.05) is 43.2 Å². The van der Waals surface area contributed by atoms with E-state index in [-0.39, 0.29) is 18.9 Å². The summed E-state index contributed by atoms with van der Waals surface area (Å²) in [6.45, 7) is 0.874. The van der Waals surface area contributed by atoms with E-state index in [1.807, 2.05) is 23.1 Å². The van der Waals surface area contributed by atoms with E-state index in [1.54, 1.807) is 0 Å². The molecule has 0 unspecified atom stereocenters. The lowest BCUT2D eigenvalue weighted by Gasteiger charge is -2.29. The molecule has 1 amide bonds. The minimum atomic E-state index is -3.24. The van der Waals surface area contributed by atoms with Gasteiger partial charge in [0.1, 0.15) is 0 Å². The van der Waals surface area contributed by atoms with Crippen molar-refractivity contribution in [2.24, 2.45) is 0 Å². The second-order valence-corrected chi connectivity index (χ2v) is 8.01. The van der Waals surface area contributed by atoms with Gasteiger partial charge in [0.25, 0.3) is 0 Å². The molecule has 0 atom stereocenters. The molecular weight excluding hydrogens is 312 g/mol. The number of nitrogens with zero attached hydrogens (tertiary/aromatic N) is 1. The van der Waals surface area contributed by atoms with Crippen molar-refractivity contribution in [2.45, 2.75) is 44.6 Å². The Balaban J connectivity index is 1.92. The molecule has 0 radical (unpaired) electrons. The summed E-state index contributed by atoms with van der Waals surface area (Å²) in [5.74, 6) is 0.0454. The van der Waals surface area contributed by atoms with Crippen LogP contribution in [0, 0.1) is 0 Å². The van der Waals surface area contributed by atoms with Crippen LogP contribution >= 0.6 is 0 Å². The van der Waals surface area contributed by atoms with Gasteiger partial charge in [-0.25, -0.2) is 13.1 Å². The quantitative estimate of drug-likeness (QED) is 0.788. The first kappa shape index (κ1) is 17.9. The van der Waals surface area contributed by atoms with E-state index in [2.05, 4.69) is 16.9 Å². The first-order valence-corrected chi connectivity index (χ1v) is 10.1. The Morgan fingerprint density at radius 1 is 1.22 bits per heavy atom. The predicted molar refractivity (Wildman–Crippen MR) is 91.6 cm³/mol. The summed E-state index contributed by atoms with van der Waals surface area (Å²) >= 11 is 0. The Morgan fingerprint density at radius 3 is 2.48 bits per heavy atom. The molecule has 1 saturated carbocycles. The molecule has 0 saturated heterocycles. The van der Waals surface area contributed by atoms with E-state index >= 15 is 0 Å². The number of benzene rings is 1. The van der Waals surface area contributed by atoms with Crippen molar-refractivity contribution in [3.63, 3.8) is 0 Å². The fraction of sp³-hybridized carbons (Fsp3) is 0.588. The highest BCUT2D eigenvalue weighted by Gasteiger charge is 2.26. The van der Waals surface area contributed by atoms with Crippen LogP contribution in [-0.4, -0.2) is 44.6 Å². The van der Waals surface area contributed by atoms with E-state index in [0.717, 1.165) is 25.5 Å². The molecule has 1 aromatic rings. The molecule has 6 heteroatoms. The highest BCUT2D eigenvalue weighted by Crippen LogP contribution is 2.24. The van der Waals surface area contributed by atoms with Crippen LogP contribution in [-0.2, 0) is 21.2 Å². The maximum Gasteiger partial charge on any atom is 0.224 e. The van der Waals surface area contributed by atoms with Crippen molar-refractivity contribution in [1.82, 2.24) is 9.62 Å². The van der Waals surface area contributed by atoms with Crippen molar-refractivity contribution in [3.8, 4) is 0 Å². The highest BCUT2D eigenvalue weighted by molar-refractivity contribution is 7.88. The molecule has 1 aromatic carbocycles. The zero-order chi connectivity index (χ0) is 16.7. The van der Waals surface area contributed by atoms with E-state index in [9.17, 15) is 13.2 Å². The topological polar surface area (TPSA) is 66.5 Å². The van der Waals surface area contributed by atoms with Gasteiger partial charge in [0.05, 0.1) is 6.26 Å². The Bertz CT molecular complexity index is 596. The van der Waals surface area contributed by atoms with Gasteiger partial charge in [-0.3, -0.25) is 4.79 Å². The van der Waals surface area contributed by atoms with Crippen LogP contribution in [0.15, 0.2) is 30.3 Å². The Hall–Kier alpha value is -1.40. The lowest BCUT2D eigenvalue weighted by molar-refractivity contribution is -0.133. The van der Waals surface area contributed by atoms with Gasteiger partial charge >= 0.3 is 0 Å². The zero-order valence-electron chi connectivity index (χ0n) is 13.7. The van der Waals surface area contributed by atoms with E-state index in [0.29, 0.717) is 12.6 Å². The highest BCUT2D eigenvalue weighted by atomic mass is 32.2. The number of sulfonamides is 1. The van der Waals surface area contributed by atoms with Gasteiger partial charge in [0.15, 0.2) is 0 Å². The molecule has 5 nitrogen and oxygen atoms in total. The first-order valence-electron chi connectivity index (χ1n) is 8.24. The Morgan fingerprint density at radius 2 is 1.87 bits per heavy atom. The molecule has 0 heterocycles. The van der Waals surface area contributed by atoms with E-state index in [1.165, 1.54) is 18.4 Å². The normalized spacial score (nSPS) is 15.7. The van der Waals surface area contributed by atoms with Crippen LogP contribution in [0.25, 0.3) is 0 Å². The van der Waals surface area contributed by atoms with E-state index < -0.39 is 10.0 Å². The van der Waals surface area contributed by atoms with Crippen LogP contribution in [0.5, 0.6) is 0 Å². The second-order valence-electron chi connectivity index (χ2n) is 6.18. The molecular formula is C17H26N2O3S. The molecule has 0 aliphatic heterocycles. The third-order valence-corrected chi connectivity index (χ3v) is 5.00. The van der Waals surface area contributed by atoms with Gasteiger partial charge in [-0.15, -0.1) is 0 Å². The molecule has 1 N–H and O–H groups in total. The summed E-state index contributed by atoms with van der Waals surface area (Å²) in [7, 11) is -3.24. The van der Waals surface area contributed by atoms with Crippen molar-refractivity contribution in [3.05, 3.63) is 35.9 Å². The Labute approximate surface area is 139 Å². The molecule has 0 aromatic heterocycles. The summed E-state index contributed by atoms with van der Waals surface area (Å²) in [5, 5.41) is 0. The van der Waals surface area contributed by atoms with Crippen LogP contribution < -0.4 is 4.72 Å². The summed E-state index contributed by atoms with van der Waals surface area (Å²) in [6, 6.07) is 10.5. The first-order chi connectivity index (χ1) is 11.0. The summed E-state index contributed by atoms with van der Waals surface area (Å²) in [4.78, 5) is 14.5. The molecule has 0 spiro atoms. The fourth-order valence-corrected chi connectivity index (χ4v) is 3.58. The molecule has 23 heavy (non-hydrogen) atoms. The van der Waals surface area contributed by atoms with Crippen LogP contribution in [0.2, 0.25) is 0 Å². The van der Waals surface area contributed by atoms with Crippen molar-refractivity contribution in [2.75, 3.05) is 19.3 Å². The van der Waals surface area contributed by atoms with Gasteiger partial charge in [-0.05, 0) is 24.8 Å². The SMILES string of the molecule is CS(=O)(=O)NCCC(=O)N(CCc1ccccc1)C1CCCC1. The van der Waals surface area contributed by atoms with Gasteiger partial charge < -0.3 is 4.90 Å². The number of amides is 1. The predicted octanol–water partition coefficient (Wildman–Crippen LogP) is 1.94. The summed E-state index contributed by atoms with van der Waals surface area (Å²) < 4.78 is 24.6. The second kappa shape index (κ2) is 8.45. The molecule has 2 rings (SSSR count). The molecule has 1 aliphatic rings. The van der Waals surface area contributed by atoms with Crippen LogP contribution in [0.4, 0.5) is 0 Å². The minimum absolute atomic E-state index is 0.0454. The number of rotatable bonds is 8. The lowest BCUT2D eigenvalue weighted by atomic mass is 10.1. The smallest absolute Gasteiger partial charge is 0.224 e. The van der Waals surface area contributed by atoms with Gasteiger partial charge in [0, 0.05) is 25.6 Å². The third-order valence-electron chi connectivity index (χ3n) is 4.27. The van der Waals surface area contributed by atoms with Crippen molar-refractivity contribution in [1.29, 1.82) is 0 Å². The number of nitrogens with one attached hydrogen (secondary N) is 1. The van der Waals surface area contributed by atoms with Crippen LogP contribution in [0.3, 0.4) is 0 Å². The Kier molecular flexibility index (Phi) is 6.59. The summed E-state index contributed by atoms with van der Waals surface area (Å²) in [5.41, 5.74) is 1.22. The monoisotopic (exact) mass is 338 g/mol. The average molecular weight is 338 g/mol. The maximum atomic E-state index is 12.5. The number of carbonyl (C=O) groups excluding carboxylic acids is 1. The maximum absolute atomic E-state index is 12.5.